The molecule has 2 nitrogen and oxygen atoms in total. The van der Waals surface area contributed by atoms with Crippen LogP contribution in [0.3, 0.4) is 0 Å². The number of aryl methyl sites for hydroxylation is 1. The van der Waals surface area contributed by atoms with Crippen molar-refractivity contribution in [3.05, 3.63) is 71.4 Å². The molecule has 1 atom stereocenters. The van der Waals surface area contributed by atoms with Crippen molar-refractivity contribution in [3.63, 3.8) is 0 Å². The second-order valence-corrected chi connectivity index (χ2v) is 5.91. The molecule has 108 valence electrons. The number of rotatable bonds is 4. The highest BCUT2D eigenvalue weighted by Crippen LogP contribution is 2.23. The van der Waals surface area contributed by atoms with Gasteiger partial charge in [-0.05, 0) is 48.4 Å². The Labute approximate surface area is 126 Å². The highest BCUT2D eigenvalue weighted by Gasteiger charge is 2.09. The van der Waals surface area contributed by atoms with Crippen LogP contribution < -0.4 is 5.73 Å². The molecule has 2 N–H and O–H groups in total. The molecule has 0 aliphatic heterocycles. The Morgan fingerprint density at radius 3 is 2.52 bits per heavy atom. The molecule has 0 aliphatic carbocycles. The van der Waals surface area contributed by atoms with Crippen LogP contribution in [-0.2, 0) is 13.0 Å². The fraction of sp³-hybridized carbons (Fsp3) is 0.263. The van der Waals surface area contributed by atoms with Gasteiger partial charge in [0.1, 0.15) is 0 Å². The molecule has 3 aromatic rings. The molecule has 0 spiro atoms. The van der Waals surface area contributed by atoms with Gasteiger partial charge in [0.05, 0.1) is 5.52 Å². The molecule has 0 fully saturated rings. The van der Waals surface area contributed by atoms with Crippen LogP contribution in [0.5, 0.6) is 0 Å². The first-order valence-corrected chi connectivity index (χ1v) is 7.52. The summed E-state index contributed by atoms with van der Waals surface area (Å²) >= 11 is 0. The molecule has 0 saturated heterocycles. The summed E-state index contributed by atoms with van der Waals surface area (Å²) < 4.78 is 2.34. The second kappa shape index (κ2) is 5.74. The summed E-state index contributed by atoms with van der Waals surface area (Å²) in [4.78, 5) is 0. The van der Waals surface area contributed by atoms with Crippen molar-refractivity contribution < 1.29 is 0 Å². The zero-order chi connectivity index (χ0) is 14.8. The third-order valence-electron chi connectivity index (χ3n) is 4.02. The number of nitrogens with zero attached hydrogens (tertiary/aromatic N) is 1. The standard InChI is InChI=1S/C19H22N2/c1-14-6-3-4-7-18(14)13-21-11-10-16-8-5-9-17(19(16)21)12-15(2)20/h3-11,15H,12-13,20H2,1-2H3. The van der Waals surface area contributed by atoms with E-state index >= 15 is 0 Å². The van der Waals surface area contributed by atoms with E-state index in [-0.39, 0.29) is 6.04 Å². The first kappa shape index (κ1) is 13.9. The normalized spacial score (nSPS) is 12.7. The number of nitrogens with two attached hydrogens (primary N) is 1. The summed E-state index contributed by atoms with van der Waals surface area (Å²) in [7, 11) is 0. The SMILES string of the molecule is Cc1ccccc1Cn1ccc2cccc(CC(C)N)c21. The van der Waals surface area contributed by atoms with Crippen LogP contribution in [0.2, 0.25) is 0 Å². The van der Waals surface area contributed by atoms with Crippen LogP contribution >= 0.6 is 0 Å². The largest absolute Gasteiger partial charge is 0.343 e. The summed E-state index contributed by atoms with van der Waals surface area (Å²) in [5, 5.41) is 1.29. The Hall–Kier alpha value is -2.06. The zero-order valence-corrected chi connectivity index (χ0v) is 12.7. The Kier molecular flexibility index (Phi) is 3.80. The van der Waals surface area contributed by atoms with E-state index in [0.717, 1.165) is 13.0 Å². The van der Waals surface area contributed by atoms with Crippen LogP contribution in [0.25, 0.3) is 10.9 Å². The smallest absolute Gasteiger partial charge is 0.0516 e. The van der Waals surface area contributed by atoms with E-state index in [1.54, 1.807) is 0 Å². The predicted molar refractivity (Wildman–Crippen MR) is 89.6 cm³/mol. The van der Waals surface area contributed by atoms with Gasteiger partial charge in [-0.25, -0.2) is 0 Å². The van der Waals surface area contributed by atoms with E-state index in [0.29, 0.717) is 0 Å². The number of hydrogen-bond donors (Lipinski definition) is 1. The molecule has 0 radical (unpaired) electrons. The van der Waals surface area contributed by atoms with Crippen LogP contribution in [0.15, 0.2) is 54.7 Å². The van der Waals surface area contributed by atoms with Gasteiger partial charge in [0, 0.05) is 18.8 Å². The van der Waals surface area contributed by atoms with Gasteiger partial charge in [-0.1, -0.05) is 42.5 Å². The van der Waals surface area contributed by atoms with E-state index in [1.807, 2.05) is 0 Å². The third-order valence-corrected chi connectivity index (χ3v) is 4.02. The van der Waals surface area contributed by atoms with Gasteiger partial charge in [-0.2, -0.15) is 0 Å². The van der Waals surface area contributed by atoms with E-state index < -0.39 is 0 Å². The summed E-state index contributed by atoms with van der Waals surface area (Å²) in [6.45, 7) is 5.14. The highest BCUT2D eigenvalue weighted by molar-refractivity contribution is 5.83. The lowest BCUT2D eigenvalue weighted by Crippen LogP contribution is -2.18. The molecule has 3 rings (SSSR count). The number of hydrogen-bond acceptors (Lipinski definition) is 1. The molecule has 0 aliphatic rings. The van der Waals surface area contributed by atoms with Gasteiger partial charge in [-0.15, -0.1) is 0 Å². The first-order valence-electron chi connectivity index (χ1n) is 7.52. The minimum Gasteiger partial charge on any atom is -0.343 e. The monoisotopic (exact) mass is 278 g/mol. The van der Waals surface area contributed by atoms with Crippen molar-refractivity contribution >= 4 is 10.9 Å². The fourth-order valence-corrected chi connectivity index (χ4v) is 2.96. The number of fused-ring (bicyclic) bond motifs is 1. The van der Waals surface area contributed by atoms with Crippen LogP contribution in [0, 0.1) is 6.92 Å². The summed E-state index contributed by atoms with van der Waals surface area (Å²) in [5.74, 6) is 0. The van der Waals surface area contributed by atoms with Crippen LogP contribution in [0.1, 0.15) is 23.6 Å². The maximum atomic E-state index is 6.00. The molecular formula is C19H22N2. The lowest BCUT2D eigenvalue weighted by atomic mass is 10.0. The van der Waals surface area contributed by atoms with Gasteiger partial charge in [0.15, 0.2) is 0 Å². The minimum absolute atomic E-state index is 0.178. The highest BCUT2D eigenvalue weighted by atomic mass is 15.0. The van der Waals surface area contributed by atoms with Crippen molar-refractivity contribution in [3.8, 4) is 0 Å². The van der Waals surface area contributed by atoms with Crippen molar-refractivity contribution in [1.29, 1.82) is 0 Å². The van der Waals surface area contributed by atoms with Crippen molar-refractivity contribution in [1.82, 2.24) is 4.57 Å². The minimum atomic E-state index is 0.178. The van der Waals surface area contributed by atoms with Crippen LogP contribution in [0.4, 0.5) is 0 Å². The quantitative estimate of drug-likeness (QED) is 0.771. The Bertz CT molecular complexity index is 753. The fourth-order valence-electron chi connectivity index (χ4n) is 2.96. The molecule has 1 unspecified atom stereocenters. The average Bonchev–Trinajstić information content (AvgIpc) is 2.85. The molecule has 0 amide bonds. The van der Waals surface area contributed by atoms with Gasteiger partial charge in [0.25, 0.3) is 0 Å². The lowest BCUT2D eigenvalue weighted by molar-refractivity contribution is 0.734. The molecular weight excluding hydrogens is 256 g/mol. The summed E-state index contributed by atoms with van der Waals surface area (Å²) in [5.41, 5.74) is 11.4. The maximum absolute atomic E-state index is 6.00. The lowest BCUT2D eigenvalue weighted by Gasteiger charge is -2.13. The average molecular weight is 278 g/mol. The van der Waals surface area contributed by atoms with Crippen molar-refractivity contribution in [2.24, 2.45) is 5.73 Å². The molecule has 0 bridgehead atoms. The number of benzene rings is 2. The summed E-state index contributed by atoms with van der Waals surface area (Å²) in [6, 6.07) is 17.4. The first-order chi connectivity index (χ1) is 10.1. The maximum Gasteiger partial charge on any atom is 0.0516 e. The third kappa shape index (κ3) is 2.86. The van der Waals surface area contributed by atoms with E-state index in [4.69, 9.17) is 5.73 Å². The summed E-state index contributed by atoms with van der Waals surface area (Å²) in [6.07, 6.45) is 3.09. The Morgan fingerprint density at radius 1 is 1.00 bits per heavy atom. The second-order valence-electron chi connectivity index (χ2n) is 5.91. The Balaban J connectivity index is 2.05. The van der Waals surface area contributed by atoms with Gasteiger partial charge >= 0.3 is 0 Å². The van der Waals surface area contributed by atoms with Gasteiger partial charge in [-0.3, -0.25) is 0 Å². The topological polar surface area (TPSA) is 30.9 Å². The molecule has 2 aromatic carbocycles. The Morgan fingerprint density at radius 2 is 1.76 bits per heavy atom. The number of aromatic nitrogens is 1. The molecule has 1 heterocycles. The molecule has 0 saturated carbocycles. The predicted octanol–water partition coefficient (Wildman–Crippen LogP) is 3.89. The molecule has 1 aromatic heterocycles. The molecule has 21 heavy (non-hydrogen) atoms. The van der Waals surface area contributed by atoms with Crippen molar-refractivity contribution in [2.45, 2.75) is 32.9 Å². The van der Waals surface area contributed by atoms with Crippen LogP contribution in [-0.4, -0.2) is 10.6 Å². The van der Waals surface area contributed by atoms with Crippen molar-refractivity contribution in [2.75, 3.05) is 0 Å². The van der Waals surface area contributed by atoms with E-state index in [1.165, 1.54) is 27.6 Å². The zero-order valence-electron chi connectivity index (χ0n) is 12.7. The number of para-hydroxylation sites is 1. The van der Waals surface area contributed by atoms with E-state index in [2.05, 4.69) is 73.1 Å². The van der Waals surface area contributed by atoms with Gasteiger partial charge < -0.3 is 10.3 Å². The van der Waals surface area contributed by atoms with E-state index in [9.17, 15) is 0 Å². The molecule has 2 heteroatoms. The van der Waals surface area contributed by atoms with Gasteiger partial charge in [0.2, 0.25) is 0 Å².